The van der Waals surface area contributed by atoms with Crippen LogP contribution in [0.4, 0.5) is 0 Å². The number of fused-ring (bicyclic) bond motifs is 3. The summed E-state index contributed by atoms with van der Waals surface area (Å²) in [4.78, 5) is 6.02. The Morgan fingerprint density at radius 2 is 2.44 bits per heavy atom. The van der Waals surface area contributed by atoms with E-state index in [1.165, 1.54) is 4.88 Å². The zero-order valence-corrected chi connectivity index (χ0v) is 10.0. The van der Waals surface area contributed by atoms with Crippen molar-refractivity contribution in [2.45, 2.75) is 32.2 Å². The first kappa shape index (κ1) is 10.1. The van der Waals surface area contributed by atoms with Gasteiger partial charge in [0.25, 0.3) is 0 Å². The minimum absolute atomic E-state index is 0.0750. The smallest absolute Gasteiger partial charge is 0.113 e. The highest BCUT2D eigenvalue weighted by atomic mass is 32.1. The van der Waals surface area contributed by atoms with E-state index >= 15 is 0 Å². The molecule has 1 atom stereocenters. The van der Waals surface area contributed by atoms with Gasteiger partial charge in [-0.2, -0.15) is 0 Å². The van der Waals surface area contributed by atoms with Crippen LogP contribution in [-0.4, -0.2) is 4.98 Å². The van der Waals surface area contributed by atoms with Crippen LogP contribution in [0.15, 0.2) is 16.7 Å². The lowest BCUT2D eigenvalue weighted by atomic mass is 10.0. The highest BCUT2D eigenvalue weighted by Gasteiger charge is 2.24. The summed E-state index contributed by atoms with van der Waals surface area (Å²) < 4.78 is 5.44. The molecule has 2 aromatic rings. The molecule has 1 aliphatic carbocycles. The maximum Gasteiger partial charge on any atom is 0.113 e. The van der Waals surface area contributed by atoms with Gasteiger partial charge >= 0.3 is 0 Å². The Morgan fingerprint density at radius 3 is 3.25 bits per heavy atom. The van der Waals surface area contributed by atoms with Crippen LogP contribution in [0.5, 0.6) is 0 Å². The van der Waals surface area contributed by atoms with E-state index in [0.29, 0.717) is 0 Å². The van der Waals surface area contributed by atoms with Gasteiger partial charge in [-0.25, -0.2) is 4.98 Å². The van der Waals surface area contributed by atoms with Gasteiger partial charge in [-0.15, -0.1) is 11.3 Å². The van der Waals surface area contributed by atoms with Gasteiger partial charge in [-0.05, 0) is 18.9 Å². The first-order valence-electron chi connectivity index (χ1n) is 5.61. The van der Waals surface area contributed by atoms with Crippen LogP contribution < -0.4 is 5.73 Å². The Balaban J connectivity index is 2.08. The van der Waals surface area contributed by atoms with Crippen molar-refractivity contribution >= 4 is 11.3 Å². The van der Waals surface area contributed by atoms with Gasteiger partial charge in [0.1, 0.15) is 10.8 Å². The molecule has 2 N–H and O–H groups in total. The quantitative estimate of drug-likeness (QED) is 0.869. The third kappa shape index (κ3) is 1.41. The van der Waals surface area contributed by atoms with Gasteiger partial charge < -0.3 is 10.2 Å². The van der Waals surface area contributed by atoms with E-state index in [4.69, 9.17) is 10.2 Å². The second-order valence-electron chi connectivity index (χ2n) is 4.10. The molecule has 1 aliphatic rings. The summed E-state index contributed by atoms with van der Waals surface area (Å²) in [5.41, 5.74) is 8.28. The number of rotatable bonds is 2. The van der Waals surface area contributed by atoms with Crippen molar-refractivity contribution in [3.63, 3.8) is 0 Å². The number of aromatic nitrogens is 1. The van der Waals surface area contributed by atoms with Crippen LogP contribution in [0.2, 0.25) is 0 Å². The van der Waals surface area contributed by atoms with Crippen LogP contribution in [0.25, 0.3) is 11.3 Å². The first-order chi connectivity index (χ1) is 7.79. The van der Waals surface area contributed by atoms with Crippen LogP contribution >= 0.6 is 11.3 Å². The SMILES string of the molecule is CCC(N)c1nc2c(s1)CCc1occc1-2. The predicted octanol–water partition coefficient (Wildman–Crippen LogP) is 2.91. The van der Waals surface area contributed by atoms with Crippen molar-refractivity contribution in [1.29, 1.82) is 0 Å². The molecule has 0 aromatic carbocycles. The lowest BCUT2D eigenvalue weighted by Gasteiger charge is -2.07. The molecule has 16 heavy (non-hydrogen) atoms. The monoisotopic (exact) mass is 234 g/mol. The van der Waals surface area contributed by atoms with Crippen LogP contribution in [-0.2, 0) is 12.8 Å². The summed E-state index contributed by atoms with van der Waals surface area (Å²) in [5, 5.41) is 1.06. The molecule has 0 aliphatic heterocycles. The summed E-state index contributed by atoms with van der Waals surface area (Å²) in [6.07, 6.45) is 4.70. The Kier molecular flexibility index (Phi) is 2.33. The molecule has 0 amide bonds. The molecular weight excluding hydrogens is 220 g/mol. The number of thiazole rings is 1. The molecule has 2 aromatic heterocycles. The molecule has 84 valence electrons. The molecule has 3 rings (SSSR count). The minimum atomic E-state index is 0.0750. The zero-order valence-electron chi connectivity index (χ0n) is 9.19. The second-order valence-corrected chi connectivity index (χ2v) is 5.21. The average Bonchev–Trinajstić information content (AvgIpc) is 2.92. The molecule has 0 fully saturated rings. The van der Waals surface area contributed by atoms with Gasteiger partial charge in [-0.1, -0.05) is 6.92 Å². The third-order valence-corrected chi connectivity index (χ3v) is 4.30. The maximum absolute atomic E-state index is 6.03. The molecule has 1 unspecified atom stereocenters. The number of nitrogens with zero attached hydrogens (tertiary/aromatic N) is 1. The molecule has 2 heterocycles. The molecular formula is C12H14N2OS. The summed E-state index contributed by atoms with van der Waals surface area (Å²) in [7, 11) is 0. The molecule has 0 bridgehead atoms. The average molecular weight is 234 g/mol. The first-order valence-corrected chi connectivity index (χ1v) is 6.43. The van der Waals surface area contributed by atoms with E-state index in [1.807, 2.05) is 6.07 Å². The maximum atomic E-state index is 6.03. The van der Waals surface area contributed by atoms with Gasteiger partial charge in [-0.3, -0.25) is 0 Å². The van der Waals surface area contributed by atoms with E-state index in [-0.39, 0.29) is 6.04 Å². The van der Waals surface area contributed by atoms with Crippen molar-refractivity contribution < 1.29 is 4.42 Å². The topological polar surface area (TPSA) is 52.0 Å². The number of hydrogen-bond acceptors (Lipinski definition) is 4. The van der Waals surface area contributed by atoms with Crippen LogP contribution in [0.3, 0.4) is 0 Å². The summed E-state index contributed by atoms with van der Waals surface area (Å²) >= 11 is 1.76. The number of furan rings is 1. The van der Waals surface area contributed by atoms with Gasteiger partial charge in [0.05, 0.1) is 18.0 Å². The van der Waals surface area contributed by atoms with Crippen LogP contribution in [0, 0.1) is 0 Å². The number of nitrogens with two attached hydrogens (primary N) is 1. The lowest BCUT2D eigenvalue weighted by molar-refractivity contribution is 0.508. The summed E-state index contributed by atoms with van der Waals surface area (Å²) in [6.45, 7) is 2.09. The lowest BCUT2D eigenvalue weighted by Crippen LogP contribution is -2.07. The molecule has 0 radical (unpaired) electrons. The number of hydrogen-bond donors (Lipinski definition) is 1. The standard InChI is InChI=1S/C12H14N2OS/c1-2-8(13)12-14-11-7-5-6-15-9(7)3-4-10(11)16-12/h5-6,8H,2-4,13H2,1H3. The minimum Gasteiger partial charge on any atom is -0.469 e. The van der Waals surface area contributed by atoms with Crippen LogP contribution in [0.1, 0.15) is 35.0 Å². The van der Waals surface area contributed by atoms with E-state index in [0.717, 1.165) is 41.3 Å². The molecule has 0 spiro atoms. The van der Waals surface area contributed by atoms with Crippen molar-refractivity contribution in [1.82, 2.24) is 4.98 Å². The van der Waals surface area contributed by atoms with Gasteiger partial charge in [0.15, 0.2) is 0 Å². The second kappa shape index (κ2) is 3.71. The van der Waals surface area contributed by atoms with E-state index in [9.17, 15) is 0 Å². The zero-order chi connectivity index (χ0) is 11.1. The largest absolute Gasteiger partial charge is 0.469 e. The molecule has 0 saturated heterocycles. The normalized spacial score (nSPS) is 15.6. The fourth-order valence-electron chi connectivity index (χ4n) is 2.06. The van der Waals surface area contributed by atoms with E-state index in [1.54, 1.807) is 17.6 Å². The van der Waals surface area contributed by atoms with Crippen molar-refractivity contribution in [3.05, 3.63) is 28.0 Å². The van der Waals surface area contributed by atoms with Crippen molar-refractivity contribution in [3.8, 4) is 11.3 Å². The molecule has 4 heteroatoms. The van der Waals surface area contributed by atoms with E-state index in [2.05, 4.69) is 11.9 Å². The highest BCUT2D eigenvalue weighted by Crippen LogP contribution is 2.38. The Hall–Kier alpha value is -1.13. The number of aryl methyl sites for hydroxylation is 2. The Morgan fingerprint density at radius 1 is 1.56 bits per heavy atom. The predicted molar refractivity (Wildman–Crippen MR) is 64.4 cm³/mol. The Bertz CT molecular complexity index is 515. The molecule has 3 nitrogen and oxygen atoms in total. The fraction of sp³-hybridized carbons (Fsp3) is 0.417. The van der Waals surface area contributed by atoms with E-state index < -0.39 is 0 Å². The summed E-state index contributed by atoms with van der Waals surface area (Å²) in [6, 6.07) is 2.08. The summed E-state index contributed by atoms with van der Waals surface area (Å²) in [5.74, 6) is 1.06. The van der Waals surface area contributed by atoms with Crippen molar-refractivity contribution in [2.75, 3.05) is 0 Å². The highest BCUT2D eigenvalue weighted by molar-refractivity contribution is 7.12. The van der Waals surface area contributed by atoms with Gasteiger partial charge in [0.2, 0.25) is 0 Å². The third-order valence-electron chi connectivity index (χ3n) is 3.05. The Labute approximate surface area is 98.3 Å². The van der Waals surface area contributed by atoms with Gasteiger partial charge in [0, 0.05) is 16.9 Å². The molecule has 0 saturated carbocycles. The fourth-order valence-corrected chi connectivity index (χ4v) is 3.22. The van der Waals surface area contributed by atoms with Crippen molar-refractivity contribution in [2.24, 2.45) is 5.73 Å².